The Morgan fingerprint density at radius 3 is 2.47 bits per heavy atom. The molecule has 0 N–H and O–H groups in total. The third-order valence-corrected chi connectivity index (χ3v) is 4.74. The minimum atomic E-state index is -0.427. The molecule has 102 valence electrons. The Hall–Kier alpha value is -0.800. The monoisotopic (exact) mass is 301 g/mol. The highest BCUT2D eigenvalue weighted by molar-refractivity contribution is 6.33. The first-order valence-corrected chi connectivity index (χ1v) is 7.29. The van der Waals surface area contributed by atoms with E-state index in [1.54, 1.807) is 0 Å². The molecule has 1 aromatic carbocycles. The average Bonchev–Trinajstić information content (AvgIpc) is 2.61. The van der Waals surface area contributed by atoms with Gasteiger partial charge < -0.3 is 4.90 Å². The topological polar surface area (TPSA) is 20.3 Å². The minimum Gasteiger partial charge on any atom is -0.333 e. The van der Waals surface area contributed by atoms with Gasteiger partial charge in [0.15, 0.2) is 0 Å². The Balaban J connectivity index is 1.88. The number of hydrogen-bond acceptors (Lipinski definition) is 1. The van der Waals surface area contributed by atoms with Crippen LogP contribution in [0.5, 0.6) is 0 Å². The molecule has 2 aliphatic heterocycles. The number of nitrogens with zero attached hydrogens (tertiary/aromatic N) is 1. The molecule has 0 aliphatic carbocycles. The van der Waals surface area contributed by atoms with Gasteiger partial charge in [0, 0.05) is 17.5 Å². The number of carbonyl (C=O) groups is 1. The van der Waals surface area contributed by atoms with Crippen molar-refractivity contribution in [2.45, 2.75) is 43.1 Å². The van der Waals surface area contributed by atoms with Crippen LogP contribution in [-0.4, -0.2) is 28.3 Å². The van der Waals surface area contributed by atoms with Crippen LogP contribution in [0.3, 0.4) is 0 Å². The van der Waals surface area contributed by atoms with Crippen LogP contribution >= 0.6 is 23.2 Å². The van der Waals surface area contributed by atoms with Gasteiger partial charge in [-0.3, -0.25) is 4.79 Å². The molecule has 5 heteroatoms. The highest BCUT2D eigenvalue weighted by Gasteiger charge is 2.43. The fourth-order valence-corrected chi connectivity index (χ4v) is 3.90. The molecule has 2 nitrogen and oxygen atoms in total. The summed E-state index contributed by atoms with van der Waals surface area (Å²) in [5, 5.41) is 0.336. The summed E-state index contributed by atoms with van der Waals surface area (Å²) in [5.41, 5.74) is 0.382. The fraction of sp³-hybridized carbons (Fsp3) is 0.500. The number of benzene rings is 1. The Bertz CT molecular complexity index is 508. The standard InChI is InChI=1S/C14H14Cl2FNO/c15-8-5-10-2-3-11(6-8)18(10)14(19)12-4-1-9(17)7-13(12)16/h1,4,7-8,10-11H,2-3,5-6H2. The van der Waals surface area contributed by atoms with Crippen molar-refractivity contribution in [3.05, 3.63) is 34.6 Å². The summed E-state index contributed by atoms with van der Waals surface area (Å²) in [6.45, 7) is 0. The number of halogens is 3. The van der Waals surface area contributed by atoms with E-state index >= 15 is 0 Å². The van der Waals surface area contributed by atoms with Crippen molar-refractivity contribution in [2.24, 2.45) is 0 Å². The van der Waals surface area contributed by atoms with Gasteiger partial charge in [0.05, 0.1) is 10.6 Å². The summed E-state index contributed by atoms with van der Waals surface area (Å²) >= 11 is 12.2. The zero-order chi connectivity index (χ0) is 13.6. The number of carbonyl (C=O) groups excluding carboxylic acids is 1. The van der Waals surface area contributed by atoms with Crippen LogP contribution in [0.2, 0.25) is 5.02 Å². The van der Waals surface area contributed by atoms with Gasteiger partial charge in [-0.15, -0.1) is 11.6 Å². The molecule has 2 aliphatic rings. The first kappa shape index (κ1) is 13.2. The molecule has 2 unspecified atom stereocenters. The first-order valence-electron chi connectivity index (χ1n) is 6.48. The number of amides is 1. The Kier molecular flexibility index (Phi) is 3.44. The van der Waals surface area contributed by atoms with E-state index < -0.39 is 5.82 Å². The van der Waals surface area contributed by atoms with Crippen molar-refractivity contribution in [2.75, 3.05) is 0 Å². The Labute approximate surface area is 121 Å². The second-order valence-electron chi connectivity index (χ2n) is 5.29. The van der Waals surface area contributed by atoms with Gasteiger partial charge in [0.25, 0.3) is 5.91 Å². The maximum absolute atomic E-state index is 13.0. The van der Waals surface area contributed by atoms with Gasteiger partial charge in [-0.2, -0.15) is 0 Å². The SMILES string of the molecule is O=C(c1ccc(F)cc1Cl)N1C2CCC1CC(Cl)C2. The van der Waals surface area contributed by atoms with Gasteiger partial charge in [0.1, 0.15) is 5.82 Å². The smallest absolute Gasteiger partial charge is 0.255 e. The molecule has 1 aromatic rings. The van der Waals surface area contributed by atoms with E-state index in [-0.39, 0.29) is 28.4 Å². The highest BCUT2D eigenvalue weighted by Crippen LogP contribution is 2.39. The molecule has 0 aromatic heterocycles. The predicted molar refractivity (Wildman–Crippen MR) is 73.3 cm³/mol. The maximum Gasteiger partial charge on any atom is 0.255 e. The summed E-state index contributed by atoms with van der Waals surface area (Å²) in [4.78, 5) is 14.5. The zero-order valence-corrected chi connectivity index (χ0v) is 11.8. The van der Waals surface area contributed by atoms with E-state index in [4.69, 9.17) is 23.2 Å². The van der Waals surface area contributed by atoms with Crippen molar-refractivity contribution < 1.29 is 9.18 Å². The Morgan fingerprint density at radius 1 is 1.26 bits per heavy atom. The van der Waals surface area contributed by atoms with Crippen LogP contribution in [0.1, 0.15) is 36.0 Å². The molecular formula is C14H14Cl2FNO. The van der Waals surface area contributed by atoms with Crippen LogP contribution in [0, 0.1) is 5.82 Å². The lowest BCUT2D eigenvalue weighted by atomic mass is 10.0. The summed E-state index contributed by atoms with van der Waals surface area (Å²) < 4.78 is 13.0. The zero-order valence-electron chi connectivity index (χ0n) is 10.3. The van der Waals surface area contributed by atoms with Crippen molar-refractivity contribution in [3.8, 4) is 0 Å². The van der Waals surface area contributed by atoms with E-state index in [1.807, 2.05) is 4.90 Å². The molecule has 2 saturated heterocycles. The number of rotatable bonds is 1. The van der Waals surface area contributed by atoms with Crippen LogP contribution in [0.15, 0.2) is 18.2 Å². The molecule has 0 spiro atoms. The van der Waals surface area contributed by atoms with Crippen molar-refractivity contribution >= 4 is 29.1 Å². The second-order valence-corrected chi connectivity index (χ2v) is 6.31. The number of fused-ring (bicyclic) bond motifs is 2. The summed E-state index contributed by atoms with van der Waals surface area (Å²) in [6, 6.07) is 4.33. The van der Waals surface area contributed by atoms with Crippen molar-refractivity contribution in [1.82, 2.24) is 4.90 Å². The van der Waals surface area contributed by atoms with Crippen LogP contribution in [0.25, 0.3) is 0 Å². The summed E-state index contributed by atoms with van der Waals surface area (Å²) in [5.74, 6) is -0.523. The third-order valence-electron chi connectivity index (χ3n) is 4.07. The van der Waals surface area contributed by atoms with Crippen LogP contribution < -0.4 is 0 Å². The van der Waals surface area contributed by atoms with E-state index in [0.29, 0.717) is 5.56 Å². The number of alkyl halides is 1. The largest absolute Gasteiger partial charge is 0.333 e. The molecule has 19 heavy (non-hydrogen) atoms. The lowest BCUT2D eigenvalue weighted by Crippen LogP contribution is -2.47. The molecule has 0 saturated carbocycles. The van der Waals surface area contributed by atoms with E-state index in [1.165, 1.54) is 18.2 Å². The van der Waals surface area contributed by atoms with Crippen LogP contribution in [0.4, 0.5) is 4.39 Å². The van der Waals surface area contributed by atoms with Gasteiger partial charge in [-0.05, 0) is 43.9 Å². The summed E-state index contributed by atoms with van der Waals surface area (Å²) in [7, 11) is 0. The van der Waals surface area contributed by atoms with Gasteiger partial charge in [-0.1, -0.05) is 11.6 Å². The normalized spacial score (nSPS) is 29.6. The molecule has 1 amide bonds. The number of piperidine rings is 1. The minimum absolute atomic E-state index is 0.0962. The third kappa shape index (κ3) is 2.34. The predicted octanol–water partition coefficient (Wildman–Crippen LogP) is 3.85. The lowest BCUT2D eigenvalue weighted by Gasteiger charge is -2.37. The van der Waals surface area contributed by atoms with E-state index in [0.717, 1.165) is 25.7 Å². The second kappa shape index (κ2) is 4.95. The average molecular weight is 302 g/mol. The fourth-order valence-electron chi connectivity index (χ4n) is 3.24. The first-order chi connectivity index (χ1) is 9.06. The highest BCUT2D eigenvalue weighted by atomic mass is 35.5. The van der Waals surface area contributed by atoms with E-state index in [2.05, 4.69) is 0 Å². The maximum atomic E-state index is 13.0. The lowest BCUT2D eigenvalue weighted by molar-refractivity contribution is 0.0599. The molecule has 2 atom stereocenters. The van der Waals surface area contributed by atoms with E-state index in [9.17, 15) is 9.18 Å². The van der Waals surface area contributed by atoms with Gasteiger partial charge >= 0.3 is 0 Å². The molecule has 2 fully saturated rings. The van der Waals surface area contributed by atoms with Crippen LogP contribution in [-0.2, 0) is 0 Å². The number of hydrogen-bond donors (Lipinski definition) is 0. The summed E-state index contributed by atoms with van der Waals surface area (Å²) in [6.07, 6.45) is 3.67. The molecular weight excluding hydrogens is 288 g/mol. The molecule has 2 heterocycles. The van der Waals surface area contributed by atoms with Crippen molar-refractivity contribution in [1.29, 1.82) is 0 Å². The quantitative estimate of drug-likeness (QED) is 0.722. The molecule has 3 rings (SSSR count). The molecule has 0 radical (unpaired) electrons. The Morgan fingerprint density at radius 2 is 1.89 bits per heavy atom. The van der Waals surface area contributed by atoms with Gasteiger partial charge in [0.2, 0.25) is 0 Å². The molecule has 2 bridgehead atoms. The van der Waals surface area contributed by atoms with Crippen molar-refractivity contribution in [3.63, 3.8) is 0 Å². The van der Waals surface area contributed by atoms with Gasteiger partial charge in [-0.25, -0.2) is 4.39 Å².